The summed E-state index contributed by atoms with van der Waals surface area (Å²) in [5.74, 6) is 0.614. The average Bonchev–Trinajstić information content (AvgIpc) is 2.69. The van der Waals surface area contributed by atoms with Gasteiger partial charge in [-0.2, -0.15) is 18.2 Å². The van der Waals surface area contributed by atoms with Crippen LogP contribution in [0.1, 0.15) is 17.5 Å². The minimum Gasteiger partial charge on any atom is -0.396 e. The Hall–Kier alpha value is -3.20. The van der Waals surface area contributed by atoms with Crippen molar-refractivity contribution in [3.63, 3.8) is 0 Å². The van der Waals surface area contributed by atoms with Crippen LogP contribution < -0.4 is 10.6 Å². The number of aliphatic hydroxyl groups excluding tert-OH is 1. The Kier molecular flexibility index (Phi) is 6.28. The van der Waals surface area contributed by atoms with E-state index >= 15 is 0 Å². The molecule has 3 N–H and O–H groups in total. The molecular weight excluding hydrogens is 383 g/mol. The number of pyridine rings is 1. The Labute approximate surface area is 165 Å². The zero-order valence-electron chi connectivity index (χ0n) is 15.7. The summed E-state index contributed by atoms with van der Waals surface area (Å²) in [7, 11) is 0. The fourth-order valence-corrected chi connectivity index (χ4v) is 2.73. The van der Waals surface area contributed by atoms with Crippen molar-refractivity contribution < 1.29 is 18.3 Å². The first-order valence-corrected chi connectivity index (χ1v) is 8.97. The molecule has 29 heavy (non-hydrogen) atoms. The molecule has 3 aromatic rings. The predicted molar refractivity (Wildman–Crippen MR) is 105 cm³/mol. The number of nitrogens with zero attached hydrogens (tertiary/aromatic N) is 3. The third-order valence-corrected chi connectivity index (χ3v) is 4.17. The summed E-state index contributed by atoms with van der Waals surface area (Å²) in [5.41, 5.74) is 0.783. The zero-order valence-corrected chi connectivity index (χ0v) is 15.7. The minimum atomic E-state index is -4.44. The van der Waals surface area contributed by atoms with Crippen LogP contribution >= 0.6 is 0 Å². The van der Waals surface area contributed by atoms with Crippen molar-refractivity contribution in [3.05, 3.63) is 59.8 Å². The Morgan fingerprint density at radius 1 is 1.03 bits per heavy atom. The molecule has 9 heteroatoms. The maximum absolute atomic E-state index is 13.2. The second kappa shape index (κ2) is 8.87. The van der Waals surface area contributed by atoms with Gasteiger partial charge in [0.15, 0.2) is 0 Å². The van der Waals surface area contributed by atoms with E-state index < -0.39 is 11.7 Å². The van der Waals surface area contributed by atoms with Crippen molar-refractivity contribution in [2.24, 2.45) is 0 Å². The van der Waals surface area contributed by atoms with Crippen LogP contribution in [0, 0.1) is 6.92 Å². The standard InChI is InChI=1S/C20H20F3N5O/c1-13-14(20(21,22)23)6-4-8-15(13)26-18-12-17(16-7-2-3-9-24-16)27-19(28-18)25-10-5-11-29/h2-4,6-9,12,29H,5,10-11H2,1H3,(H2,25,26,27,28). The number of aromatic nitrogens is 3. The van der Waals surface area contributed by atoms with Crippen LogP contribution in [0.3, 0.4) is 0 Å². The number of benzene rings is 1. The van der Waals surface area contributed by atoms with Crippen molar-refractivity contribution >= 4 is 17.5 Å². The number of rotatable bonds is 7. The van der Waals surface area contributed by atoms with Crippen molar-refractivity contribution in [1.82, 2.24) is 15.0 Å². The molecule has 0 spiro atoms. The number of alkyl halides is 3. The molecule has 0 aliphatic heterocycles. The van der Waals surface area contributed by atoms with E-state index in [1.54, 1.807) is 30.5 Å². The van der Waals surface area contributed by atoms with Gasteiger partial charge < -0.3 is 15.7 Å². The first kappa shape index (κ1) is 20.5. The summed E-state index contributed by atoms with van der Waals surface area (Å²) >= 11 is 0. The molecule has 0 atom stereocenters. The molecule has 0 amide bonds. The van der Waals surface area contributed by atoms with Crippen LogP contribution in [-0.4, -0.2) is 33.2 Å². The molecule has 0 saturated carbocycles. The molecule has 1 aromatic carbocycles. The van der Waals surface area contributed by atoms with E-state index in [1.165, 1.54) is 13.0 Å². The van der Waals surface area contributed by atoms with Gasteiger partial charge in [-0.15, -0.1) is 0 Å². The van der Waals surface area contributed by atoms with Crippen molar-refractivity contribution in [2.45, 2.75) is 19.5 Å². The van der Waals surface area contributed by atoms with Crippen molar-refractivity contribution in [2.75, 3.05) is 23.8 Å². The molecule has 2 aromatic heterocycles. The molecule has 6 nitrogen and oxygen atoms in total. The second-order valence-corrected chi connectivity index (χ2v) is 6.28. The third-order valence-electron chi connectivity index (χ3n) is 4.17. The highest BCUT2D eigenvalue weighted by Gasteiger charge is 2.32. The predicted octanol–water partition coefficient (Wildman–Crippen LogP) is 4.40. The molecule has 2 heterocycles. The second-order valence-electron chi connectivity index (χ2n) is 6.28. The SMILES string of the molecule is Cc1c(Nc2cc(-c3ccccn3)nc(NCCCO)n2)cccc1C(F)(F)F. The highest BCUT2D eigenvalue weighted by Crippen LogP contribution is 2.35. The van der Waals surface area contributed by atoms with Crippen molar-refractivity contribution in [1.29, 1.82) is 0 Å². The summed E-state index contributed by atoms with van der Waals surface area (Å²) in [6.45, 7) is 1.87. The summed E-state index contributed by atoms with van der Waals surface area (Å²) in [5, 5.41) is 14.9. The zero-order chi connectivity index (χ0) is 20.9. The first-order chi connectivity index (χ1) is 13.9. The van der Waals surface area contributed by atoms with Gasteiger partial charge in [0.05, 0.1) is 17.0 Å². The maximum Gasteiger partial charge on any atom is 0.416 e. The fraction of sp³-hybridized carbons (Fsp3) is 0.250. The highest BCUT2D eigenvalue weighted by atomic mass is 19.4. The van der Waals surface area contributed by atoms with Crippen LogP contribution in [0.15, 0.2) is 48.7 Å². The Bertz CT molecular complexity index is 964. The molecule has 3 rings (SSSR count). The van der Waals surface area contributed by atoms with Gasteiger partial charge in [-0.05, 0) is 43.2 Å². The van der Waals surface area contributed by atoms with Crippen LogP contribution in [-0.2, 0) is 6.18 Å². The summed E-state index contributed by atoms with van der Waals surface area (Å²) in [6, 6.07) is 10.9. The van der Waals surface area contributed by atoms with Gasteiger partial charge >= 0.3 is 6.18 Å². The number of halogens is 3. The third kappa shape index (κ3) is 5.20. The van der Waals surface area contributed by atoms with Gasteiger partial charge in [0.25, 0.3) is 0 Å². The average molecular weight is 403 g/mol. The van der Waals surface area contributed by atoms with Crippen LogP contribution in [0.25, 0.3) is 11.4 Å². The van der Waals surface area contributed by atoms with Crippen LogP contribution in [0.4, 0.5) is 30.6 Å². The van der Waals surface area contributed by atoms with Gasteiger partial charge in [-0.25, -0.2) is 4.98 Å². The molecular formula is C20H20F3N5O. The Morgan fingerprint density at radius 2 is 1.86 bits per heavy atom. The summed E-state index contributed by atoms with van der Waals surface area (Å²) in [6.07, 6.45) is -2.31. The number of aliphatic hydroxyl groups is 1. The number of hydrogen-bond donors (Lipinski definition) is 3. The molecule has 0 unspecified atom stereocenters. The largest absolute Gasteiger partial charge is 0.416 e. The molecule has 0 aliphatic rings. The van der Waals surface area contributed by atoms with Gasteiger partial charge in [-0.3, -0.25) is 4.98 Å². The molecule has 0 fully saturated rings. The number of hydrogen-bond acceptors (Lipinski definition) is 6. The normalized spacial score (nSPS) is 11.3. The smallest absolute Gasteiger partial charge is 0.396 e. The molecule has 0 saturated heterocycles. The number of nitrogens with one attached hydrogen (secondary N) is 2. The lowest BCUT2D eigenvalue weighted by Crippen LogP contribution is -2.11. The van der Waals surface area contributed by atoms with Crippen LogP contribution in [0.2, 0.25) is 0 Å². The first-order valence-electron chi connectivity index (χ1n) is 8.97. The van der Waals surface area contributed by atoms with E-state index in [-0.39, 0.29) is 18.1 Å². The van der Waals surface area contributed by atoms with E-state index in [4.69, 9.17) is 5.11 Å². The Balaban J connectivity index is 1.97. The molecule has 0 radical (unpaired) electrons. The Morgan fingerprint density at radius 3 is 2.55 bits per heavy atom. The lowest BCUT2D eigenvalue weighted by atomic mass is 10.1. The summed E-state index contributed by atoms with van der Waals surface area (Å²) < 4.78 is 39.6. The van der Waals surface area contributed by atoms with Gasteiger partial charge in [0.2, 0.25) is 5.95 Å². The van der Waals surface area contributed by atoms with E-state index in [0.29, 0.717) is 35.9 Å². The summed E-state index contributed by atoms with van der Waals surface area (Å²) in [4.78, 5) is 13.0. The van der Waals surface area contributed by atoms with Gasteiger partial charge in [-0.1, -0.05) is 12.1 Å². The van der Waals surface area contributed by atoms with Crippen LogP contribution in [0.5, 0.6) is 0 Å². The molecule has 0 bridgehead atoms. The van der Waals surface area contributed by atoms with E-state index in [0.717, 1.165) is 6.07 Å². The van der Waals surface area contributed by atoms with Gasteiger partial charge in [0, 0.05) is 31.1 Å². The maximum atomic E-state index is 13.2. The lowest BCUT2D eigenvalue weighted by Gasteiger charge is -2.16. The minimum absolute atomic E-state index is 0.0153. The number of anilines is 3. The molecule has 152 valence electrons. The van der Waals surface area contributed by atoms with E-state index in [9.17, 15) is 13.2 Å². The monoisotopic (exact) mass is 403 g/mol. The molecule has 0 aliphatic carbocycles. The lowest BCUT2D eigenvalue weighted by molar-refractivity contribution is -0.138. The van der Waals surface area contributed by atoms with E-state index in [1.807, 2.05) is 6.07 Å². The van der Waals surface area contributed by atoms with E-state index in [2.05, 4.69) is 25.6 Å². The van der Waals surface area contributed by atoms with Gasteiger partial charge in [0.1, 0.15) is 5.82 Å². The highest BCUT2D eigenvalue weighted by molar-refractivity contribution is 5.67. The topological polar surface area (TPSA) is 83.0 Å². The fourth-order valence-electron chi connectivity index (χ4n) is 2.73. The quantitative estimate of drug-likeness (QED) is 0.507. The van der Waals surface area contributed by atoms with Crippen molar-refractivity contribution in [3.8, 4) is 11.4 Å².